The Kier molecular flexibility index (Phi) is 5.25. The van der Waals surface area contributed by atoms with Gasteiger partial charge in [0, 0.05) is 13.6 Å². The van der Waals surface area contributed by atoms with Crippen LogP contribution >= 0.6 is 15.9 Å². The third-order valence-electron chi connectivity index (χ3n) is 2.05. The lowest BCUT2D eigenvalue weighted by atomic mass is 10.3. The standard InChI is InChI=1S/C11H15BrN2O2/c1-3-16-11(15)7-8-14(2)10-6-4-5-9(12)13-10/h4-6H,3,7-8H2,1-2H3. The van der Waals surface area contributed by atoms with Gasteiger partial charge in [0.1, 0.15) is 10.4 Å². The number of carbonyl (C=O) groups is 1. The van der Waals surface area contributed by atoms with Gasteiger partial charge < -0.3 is 9.64 Å². The Morgan fingerprint density at radius 1 is 1.56 bits per heavy atom. The molecule has 0 unspecified atom stereocenters. The average molecular weight is 287 g/mol. The van der Waals surface area contributed by atoms with Gasteiger partial charge in [-0.1, -0.05) is 6.07 Å². The fraction of sp³-hybridized carbons (Fsp3) is 0.455. The summed E-state index contributed by atoms with van der Waals surface area (Å²) < 4.78 is 5.64. The van der Waals surface area contributed by atoms with Crippen molar-refractivity contribution in [2.75, 3.05) is 25.1 Å². The van der Waals surface area contributed by atoms with Gasteiger partial charge in [0.15, 0.2) is 0 Å². The van der Waals surface area contributed by atoms with E-state index in [4.69, 9.17) is 4.74 Å². The molecule has 0 aliphatic rings. The van der Waals surface area contributed by atoms with E-state index in [-0.39, 0.29) is 5.97 Å². The van der Waals surface area contributed by atoms with Crippen LogP contribution in [0.4, 0.5) is 5.82 Å². The number of hydrogen-bond acceptors (Lipinski definition) is 4. The van der Waals surface area contributed by atoms with Crippen molar-refractivity contribution in [1.82, 2.24) is 4.98 Å². The van der Waals surface area contributed by atoms with E-state index in [2.05, 4.69) is 20.9 Å². The number of nitrogens with zero attached hydrogens (tertiary/aromatic N) is 2. The van der Waals surface area contributed by atoms with E-state index in [1.54, 1.807) is 6.92 Å². The van der Waals surface area contributed by atoms with Gasteiger partial charge in [0.05, 0.1) is 13.0 Å². The zero-order valence-electron chi connectivity index (χ0n) is 9.44. The highest BCUT2D eigenvalue weighted by Crippen LogP contribution is 2.13. The molecule has 0 aliphatic carbocycles. The molecular formula is C11H15BrN2O2. The summed E-state index contributed by atoms with van der Waals surface area (Å²) in [6.07, 6.45) is 0.374. The molecule has 88 valence electrons. The molecule has 0 saturated heterocycles. The van der Waals surface area contributed by atoms with Gasteiger partial charge in [-0.3, -0.25) is 4.79 Å². The number of esters is 1. The molecule has 1 rings (SSSR count). The first-order chi connectivity index (χ1) is 7.63. The van der Waals surface area contributed by atoms with E-state index in [1.165, 1.54) is 0 Å². The second kappa shape index (κ2) is 6.48. The minimum atomic E-state index is -0.177. The average Bonchev–Trinajstić information content (AvgIpc) is 2.26. The summed E-state index contributed by atoms with van der Waals surface area (Å²) in [6.45, 7) is 2.83. The van der Waals surface area contributed by atoms with Crippen LogP contribution in [0, 0.1) is 0 Å². The molecule has 1 aromatic rings. The Bertz CT molecular complexity index is 358. The molecule has 5 heteroatoms. The van der Waals surface area contributed by atoms with Crippen molar-refractivity contribution in [3.8, 4) is 0 Å². The third kappa shape index (κ3) is 4.18. The first-order valence-electron chi connectivity index (χ1n) is 5.12. The van der Waals surface area contributed by atoms with E-state index in [0.717, 1.165) is 10.4 Å². The summed E-state index contributed by atoms with van der Waals surface area (Å²) in [5.41, 5.74) is 0. The number of carbonyl (C=O) groups excluding carboxylic acids is 1. The molecule has 0 radical (unpaired) electrons. The van der Waals surface area contributed by atoms with E-state index in [1.807, 2.05) is 30.1 Å². The largest absolute Gasteiger partial charge is 0.466 e. The smallest absolute Gasteiger partial charge is 0.307 e. The van der Waals surface area contributed by atoms with Gasteiger partial charge in [-0.2, -0.15) is 0 Å². The Balaban J connectivity index is 2.46. The fourth-order valence-electron chi connectivity index (χ4n) is 1.22. The van der Waals surface area contributed by atoms with Gasteiger partial charge in [0.25, 0.3) is 0 Å². The van der Waals surface area contributed by atoms with Crippen LogP contribution in [0.1, 0.15) is 13.3 Å². The van der Waals surface area contributed by atoms with Crippen molar-refractivity contribution in [2.24, 2.45) is 0 Å². The predicted octanol–water partition coefficient (Wildman–Crippen LogP) is 2.23. The maximum atomic E-state index is 11.2. The predicted molar refractivity (Wildman–Crippen MR) is 66.5 cm³/mol. The van der Waals surface area contributed by atoms with E-state index in [9.17, 15) is 4.79 Å². The summed E-state index contributed by atoms with van der Waals surface area (Å²) in [6, 6.07) is 5.67. The molecule has 0 atom stereocenters. The van der Waals surface area contributed by atoms with Crippen molar-refractivity contribution in [3.05, 3.63) is 22.8 Å². The summed E-state index contributed by atoms with van der Waals surface area (Å²) in [5, 5.41) is 0. The van der Waals surface area contributed by atoms with E-state index in [0.29, 0.717) is 19.6 Å². The normalized spacial score (nSPS) is 9.94. The second-order valence-electron chi connectivity index (χ2n) is 3.30. The lowest BCUT2D eigenvalue weighted by Gasteiger charge is -2.17. The topological polar surface area (TPSA) is 42.4 Å². The van der Waals surface area contributed by atoms with Crippen molar-refractivity contribution >= 4 is 27.7 Å². The van der Waals surface area contributed by atoms with Crippen LogP contribution in [-0.2, 0) is 9.53 Å². The fourth-order valence-corrected chi connectivity index (χ4v) is 1.55. The molecular weight excluding hydrogens is 272 g/mol. The third-order valence-corrected chi connectivity index (χ3v) is 2.49. The zero-order valence-corrected chi connectivity index (χ0v) is 11.0. The lowest BCUT2D eigenvalue weighted by Crippen LogP contribution is -2.22. The number of ether oxygens (including phenoxy) is 1. The van der Waals surface area contributed by atoms with Crippen molar-refractivity contribution in [3.63, 3.8) is 0 Å². The van der Waals surface area contributed by atoms with Crippen molar-refractivity contribution in [1.29, 1.82) is 0 Å². The number of aromatic nitrogens is 1. The van der Waals surface area contributed by atoms with Gasteiger partial charge in [0.2, 0.25) is 0 Å². The number of pyridine rings is 1. The molecule has 1 heterocycles. The molecule has 0 aromatic carbocycles. The SMILES string of the molecule is CCOC(=O)CCN(C)c1cccc(Br)n1. The van der Waals surface area contributed by atoms with Crippen LogP contribution < -0.4 is 4.90 Å². The monoisotopic (exact) mass is 286 g/mol. The minimum Gasteiger partial charge on any atom is -0.466 e. The van der Waals surface area contributed by atoms with Crippen molar-refractivity contribution in [2.45, 2.75) is 13.3 Å². The lowest BCUT2D eigenvalue weighted by molar-refractivity contribution is -0.142. The van der Waals surface area contributed by atoms with Gasteiger partial charge >= 0.3 is 5.97 Å². The van der Waals surface area contributed by atoms with Crippen LogP contribution in [0.5, 0.6) is 0 Å². The number of rotatable bonds is 5. The summed E-state index contributed by atoms with van der Waals surface area (Å²) in [5.74, 6) is 0.656. The van der Waals surface area contributed by atoms with Crippen LogP contribution in [0.2, 0.25) is 0 Å². The molecule has 0 saturated carbocycles. The van der Waals surface area contributed by atoms with Gasteiger partial charge in [-0.15, -0.1) is 0 Å². The molecule has 0 N–H and O–H groups in total. The summed E-state index contributed by atoms with van der Waals surface area (Å²) in [7, 11) is 1.90. The van der Waals surface area contributed by atoms with E-state index >= 15 is 0 Å². The second-order valence-corrected chi connectivity index (χ2v) is 4.11. The highest BCUT2D eigenvalue weighted by molar-refractivity contribution is 9.10. The molecule has 16 heavy (non-hydrogen) atoms. The molecule has 4 nitrogen and oxygen atoms in total. The maximum absolute atomic E-state index is 11.2. The van der Waals surface area contributed by atoms with Gasteiger partial charge in [-0.05, 0) is 35.0 Å². The van der Waals surface area contributed by atoms with Crippen LogP contribution in [0.25, 0.3) is 0 Å². The zero-order chi connectivity index (χ0) is 12.0. The Morgan fingerprint density at radius 3 is 2.94 bits per heavy atom. The molecule has 0 fully saturated rings. The molecule has 1 aromatic heterocycles. The van der Waals surface area contributed by atoms with Crippen LogP contribution in [-0.4, -0.2) is 31.2 Å². The minimum absolute atomic E-state index is 0.177. The summed E-state index contributed by atoms with van der Waals surface area (Å²) >= 11 is 3.31. The van der Waals surface area contributed by atoms with Crippen LogP contribution in [0.3, 0.4) is 0 Å². The number of halogens is 1. The molecule has 0 bridgehead atoms. The highest BCUT2D eigenvalue weighted by Gasteiger charge is 2.06. The molecule has 0 amide bonds. The maximum Gasteiger partial charge on any atom is 0.307 e. The Labute approximate surface area is 104 Å². The molecule has 0 spiro atoms. The Hall–Kier alpha value is -1.10. The first kappa shape index (κ1) is 13.0. The highest BCUT2D eigenvalue weighted by atomic mass is 79.9. The van der Waals surface area contributed by atoms with Gasteiger partial charge in [-0.25, -0.2) is 4.98 Å². The quantitative estimate of drug-likeness (QED) is 0.615. The summed E-state index contributed by atoms with van der Waals surface area (Å²) in [4.78, 5) is 17.4. The Morgan fingerprint density at radius 2 is 2.31 bits per heavy atom. The number of hydrogen-bond donors (Lipinski definition) is 0. The van der Waals surface area contributed by atoms with E-state index < -0.39 is 0 Å². The van der Waals surface area contributed by atoms with Crippen LogP contribution in [0.15, 0.2) is 22.8 Å². The molecule has 0 aliphatic heterocycles. The first-order valence-corrected chi connectivity index (χ1v) is 5.92. The van der Waals surface area contributed by atoms with Crippen molar-refractivity contribution < 1.29 is 9.53 Å². The number of anilines is 1.